The molecule has 1 N–H and O–H groups in total. The lowest BCUT2D eigenvalue weighted by atomic mass is 9.99. The van der Waals surface area contributed by atoms with Crippen molar-refractivity contribution < 1.29 is 23.7 Å². The Morgan fingerprint density at radius 2 is 1.88 bits per heavy atom. The molecule has 0 spiro atoms. The molecule has 0 fully saturated rings. The van der Waals surface area contributed by atoms with Crippen molar-refractivity contribution in [3.63, 3.8) is 0 Å². The Hall–Kier alpha value is -3.15. The number of ether oxygens (including phenoxy) is 3. The summed E-state index contributed by atoms with van der Waals surface area (Å²) in [6.07, 6.45) is 0. The molecule has 0 aliphatic carbocycles. The number of aromatic hydroxyl groups is 1. The van der Waals surface area contributed by atoms with Gasteiger partial charge in [0.25, 0.3) is 0 Å². The molecule has 1 aromatic heterocycles. The zero-order chi connectivity index (χ0) is 18.6. The third-order valence-electron chi connectivity index (χ3n) is 4.82. The molecule has 6 heteroatoms. The van der Waals surface area contributed by atoms with Crippen LogP contribution in [0.3, 0.4) is 0 Å². The molecule has 0 saturated heterocycles. The van der Waals surface area contributed by atoms with Gasteiger partial charge in [0.15, 0.2) is 5.76 Å². The van der Waals surface area contributed by atoms with Crippen molar-refractivity contribution >= 4 is 11.0 Å². The normalized spacial score (nSPS) is 12.3. The standard InChI is InChI=1S/C20H18O6/c1-9-15(21)10(2)18-14(17(9)24-4)16(22)20-19(26-18)13-6-5-12(23-3)7-11(13)8-25-20/h5-7,21H,8H2,1-4H3. The van der Waals surface area contributed by atoms with Gasteiger partial charge < -0.3 is 23.7 Å². The Morgan fingerprint density at radius 1 is 1.12 bits per heavy atom. The average molecular weight is 354 g/mol. The lowest BCUT2D eigenvalue weighted by molar-refractivity contribution is 0.288. The molecule has 2 heterocycles. The molecule has 0 saturated carbocycles. The number of aryl methyl sites for hydroxylation is 1. The maximum Gasteiger partial charge on any atom is 0.239 e. The molecule has 0 atom stereocenters. The van der Waals surface area contributed by atoms with E-state index in [1.807, 2.05) is 12.1 Å². The number of rotatable bonds is 2. The largest absolute Gasteiger partial charge is 0.507 e. The van der Waals surface area contributed by atoms with Crippen LogP contribution in [0, 0.1) is 13.8 Å². The van der Waals surface area contributed by atoms with E-state index in [1.54, 1.807) is 27.0 Å². The quantitative estimate of drug-likeness (QED) is 0.756. The van der Waals surface area contributed by atoms with E-state index in [0.717, 1.165) is 11.1 Å². The summed E-state index contributed by atoms with van der Waals surface area (Å²) < 4.78 is 22.4. The number of phenols is 1. The topological polar surface area (TPSA) is 78.1 Å². The van der Waals surface area contributed by atoms with Crippen LogP contribution < -0.4 is 19.6 Å². The predicted molar refractivity (Wildman–Crippen MR) is 96.5 cm³/mol. The maximum absolute atomic E-state index is 13.1. The Labute approximate surface area is 149 Å². The predicted octanol–water partition coefficient (Wildman–Crippen LogP) is 3.69. The molecule has 6 nitrogen and oxygen atoms in total. The Morgan fingerprint density at radius 3 is 2.58 bits per heavy atom. The van der Waals surface area contributed by atoms with Gasteiger partial charge in [-0.1, -0.05) is 0 Å². The molecule has 1 aliphatic heterocycles. The zero-order valence-corrected chi connectivity index (χ0v) is 14.9. The molecule has 0 bridgehead atoms. The molecule has 0 unspecified atom stereocenters. The number of hydrogen-bond acceptors (Lipinski definition) is 6. The second-order valence-corrected chi connectivity index (χ2v) is 6.24. The fraction of sp³-hybridized carbons (Fsp3) is 0.250. The smallest absolute Gasteiger partial charge is 0.239 e. The minimum atomic E-state index is -0.314. The van der Waals surface area contributed by atoms with E-state index in [9.17, 15) is 9.90 Å². The van der Waals surface area contributed by atoms with Gasteiger partial charge in [-0.2, -0.15) is 0 Å². The van der Waals surface area contributed by atoms with Gasteiger partial charge in [0.05, 0.1) is 14.2 Å². The number of methoxy groups -OCH3 is 2. The summed E-state index contributed by atoms with van der Waals surface area (Å²) in [6.45, 7) is 3.65. The Bertz CT molecular complexity index is 1110. The highest BCUT2D eigenvalue weighted by Gasteiger charge is 2.28. The van der Waals surface area contributed by atoms with Gasteiger partial charge in [-0.25, -0.2) is 0 Å². The fourth-order valence-corrected chi connectivity index (χ4v) is 3.42. The van der Waals surface area contributed by atoms with Gasteiger partial charge in [0.2, 0.25) is 11.2 Å². The van der Waals surface area contributed by atoms with Gasteiger partial charge >= 0.3 is 0 Å². The van der Waals surface area contributed by atoms with Crippen LogP contribution in [0.1, 0.15) is 16.7 Å². The van der Waals surface area contributed by atoms with Crippen LogP contribution in [0.4, 0.5) is 0 Å². The molecular formula is C20H18O6. The zero-order valence-electron chi connectivity index (χ0n) is 14.9. The van der Waals surface area contributed by atoms with E-state index in [-0.39, 0.29) is 28.9 Å². The van der Waals surface area contributed by atoms with Crippen molar-refractivity contribution in [1.82, 2.24) is 0 Å². The number of hydrogen-bond donors (Lipinski definition) is 1. The number of fused-ring (bicyclic) bond motifs is 4. The first-order chi connectivity index (χ1) is 12.5. The minimum absolute atomic E-state index is 0.0455. The van der Waals surface area contributed by atoms with Crippen molar-refractivity contribution in [2.45, 2.75) is 20.5 Å². The molecular weight excluding hydrogens is 336 g/mol. The molecule has 4 rings (SSSR count). The lowest BCUT2D eigenvalue weighted by Gasteiger charge is -2.21. The van der Waals surface area contributed by atoms with E-state index in [1.165, 1.54) is 7.11 Å². The van der Waals surface area contributed by atoms with E-state index < -0.39 is 0 Å². The highest BCUT2D eigenvalue weighted by Crippen LogP contribution is 2.44. The summed E-state index contributed by atoms with van der Waals surface area (Å²) in [5.74, 6) is 1.54. The number of benzene rings is 2. The fourth-order valence-electron chi connectivity index (χ4n) is 3.42. The first kappa shape index (κ1) is 16.3. The SMILES string of the molecule is COc1ccc2c(c1)COc1c-2oc2c(C)c(O)c(C)c(OC)c2c1=O. The van der Waals surface area contributed by atoms with Crippen molar-refractivity contribution in [2.24, 2.45) is 0 Å². The molecule has 1 aliphatic rings. The van der Waals surface area contributed by atoms with E-state index in [2.05, 4.69) is 0 Å². The molecule has 26 heavy (non-hydrogen) atoms. The van der Waals surface area contributed by atoms with Crippen LogP contribution in [-0.4, -0.2) is 19.3 Å². The molecule has 134 valence electrons. The van der Waals surface area contributed by atoms with Gasteiger partial charge in [0, 0.05) is 22.3 Å². The Kier molecular flexibility index (Phi) is 3.57. The van der Waals surface area contributed by atoms with Crippen LogP contribution in [0.5, 0.6) is 23.0 Å². The summed E-state index contributed by atoms with van der Waals surface area (Å²) in [7, 11) is 3.05. The number of phenolic OH excluding ortho intramolecular Hbond substituents is 1. The molecule has 0 amide bonds. The average Bonchev–Trinajstić information content (AvgIpc) is 2.66. The molecule has 2 aromatic carbocycles. The van der Waals surface area contributed by atoms with Crippen LogP contribution in [0.25, 0.3) is 22.3 Å². The summed E-state index contributed by atoms with van der Waals surface area (Å²) in [5, 5.41) is 10.7. The van der Waals surface area contributed by atoms with Crippen molar-refractivity contribution in [1.29, 1.82) is 0 Å². The summed E-state index contributed by atoms with van der Waals surface area (Å²) in [6, 6.07) is 5.49. The van der Waals surface area contributed by atoms with Crippen LogP contribution in [0.2, 0.25) is 0 Å². The van der Waals surface area contributed by atoms with E-state index in [0.29, 0.717) is 34.0 Å². The second-order valence-electron chi connectivity index (χ2n) is 6.24. The summed E-state index contributed by atoms with van der Waals surface area (Å²) in [4.78, 5) is 13.1. The highest BCUT2D eigenvalue weighted by molar-refractivity contribution is 5.93. The highest BCUT2D eigenvalue weighted by atomic mass is 16.5. The van der Waals surface area contributed by atoms with Crippen LogP contribution in [-0.2, 0) is 6.61 Å². The third kappa shape index (κ3) is 2.08. The van der Waals surface area contributed by atoms with Gasteiger partial charge in [-0.15, -0.1) is 0 Å². The third-order valence-corrected chi connectivity index (χ3v) is 4.82. The Balaban J connectivity index is 2.12. The van der Waals surface area contributed by atoms with Crippen LogP contribution in [0.15, 0.2) is 27.4 Å². The van der Waals surface area contributed by atoms with Gasteiger partial charge in [-0.05, 0) is 32.0 Å². The van der Waals surface area contributed by atoms with Gasteiger partial charge in [0.1, 0.15) is 34.8 Å². The first-order valence-corrected chi connectivity index (χ1v) is 8.15. The van der Waals surface area contributed by atoms with Crippen molar-refractivity contribution in [3.8, 4) is 34.3 Å². The lowest BCUT2D eigenvalue weighted by Crippen LogP contribution is -2.16. The van der Waals surface area contributed by atoms with E-state index >= 15 is 0 Å². The van der Waals surface area contributed by atoms with Gasteiger partial charge in [-0.3, -0.25) is 4.79 Å². The van der Waals surface area contributed by atoms with E-state index in [4.69, 9.17) is 18.6 Å². The second kappa shape index (κ2) is 5.69. The van der Waals surface area contributed by atoms with Crippen molar-refractivity contribution in [2.75, 3.05) is 14.2 Å². The van der Waals surface area contributed by atoms with Crippen molar-refractivity contribution in [3.05, 3.63) is 45.1 Å². The molecule has 0 radical (unpaired) electrons. The minimum Gasteiger partial charge on any atom is -0.507 e. The van der Waals surface area contributed by atoms with Crippen LogP contribution >= 0.6 is 0 Å². The first-order valence-electron chi connectivity index (χ1n) is 8.15. The monoisotopic (exact) mass is 354 g/mol. The maximum atomic E-state index is 13.1. The molecule has 3 aromatic rings. The summed E-state index contributed by atoms with van der Waals surface area (Å²) in [5.41, 5.74) is 2.58. The summed E-state index contributed by atoms with van der Waals surface area (Å²) >= 11 is 0.